The molecule has 2 aliphatic rings. The second-order valence-electron chi connectivity index (χ2n) is 10.9. The van der Waals surface area contributed by atoms with Gasteiger partial charge in [0.25, 0.3) is 20.2 Å². The monoisotopic (exact) mass is 746 g/mol. The van der Waals surface area contributed by atoms with Crippen molar-refractivity contribution in [2.75, 3.05) is 21.5 Å². The molecule has 0 aromatic heterocycles. The number of anilines is 4. The van der Waals surface area contributed by atoms with Crippen molar-refractivity contribution in [3.05, 3.63) is 132 Å². The Labute approximate surface area is 297 Å². The minimum absolute atomic E-state index is 0.0339. The number of aliphatic hydroxyl groups excluding tert-OH is 2. The van der Waals surface area contributed by atoms with E-state index in [1.54, 1.807) is 48.5 Å². The third-order valence-corrected chi connectivity index (χ3v) is 8.81. The molecule has 6 rings (SSSR count). The summed E-state index contributed by atoms with van der Waals surface area (Å²) in [6.07, 6.45) is 5.12. The van der Waals surface area contributed by atoms with Gasteiger partial charge in [-0.15, -0.1) is 20.7 Å². The summed E-state index contributed by atoms with van der Waals surface area (Å²) in [6, 6.07) is 25.8. The number of hydrazone groups is 2. The third kappa shape index (κ3) is 9.08. The molecule has 0 aliphatic carbocycles. The SMILES string of the molecule is O=S(=O)(O)c1cc(NN2N=C(Nc3ccccc3)C=C(O)N2)ccc1/C=C/c1ccc(NN2N=C(Nc3ccccc3)C=C(O)N2)cc1S(=O)(=O)O. The van der Waals surface area contributed by atoms with Crippen molar-refractivity contribution in [3.8, 4) is 0 Å². The van der Waals surface area contributed by atoms with Gasteiger partial charge >= 0.3 is 0 Å². The molecule has 0 fully saturated rings. The van der Waals surface area contributed by atoms with Crippen LogP contribution in [0, 0.1) is 0 Å². The highest BCUT2D eigenvalue weighted by molar-refractivity contribution is 7.86. The van der Waals surface area contributed by atoms with Crippen LogP contribution < -0.4 is 32.3 Å². The van der Waals surface area contributed by atoms with Gasteiger partial charge in [-0.05, 0) is 59.7 Å². The summed E-state index contributed by atoms with van der Waals surface area (Å²) in [5.74, 6) is -0.0997. The van der Waals surface area contributed by atoms with Gasteiger partial charge in [0, 0.05) is 23.5 Å². The molecule has 2 heterocycles. The van der Waals surface area contributed by atoms with Crippen LogP contribution >= 0.6 is 0 Å². The number of rotatable bonds is 10. The van der Waals surface area contributed by atoms with Crippen LogP contribution in [0.1, 0.15) is 11.1 Å². The third-order valence-electron chi connectivity index (χ3n) is 6.99. The van der Waals surface area contributed by atoms with Crippen LogP contribution in [-0.4, -0.2) is 58.3 Å². The highest BCUT2D eigenvalue weighted by Crippen LogP contribution is 2.27. The molecule has 20 heteroatoms. The van der Waals surface area contributed by atoms with Crippen molar-refractivity contribution in [1.29, 1.82) is 0 Å². The van der Waals surface area contributed by atoms with E-state index in [1.807, 2.05) is 12.1 Å². The molecular formula is C32H30N10O8S2. The van der Waals surface area contributed by atoms with Gasteiger partial charge in [-0.25, -0.2) is 10.9 Å². The van der Waals surface area contributed by atoms with Crippen LogP contribution in [0.25, 0.3) is 12.2 Å². The maximum absolute atomic E-state index is 12.4. The van der Waals surface area contributed by atoms with Crippen molar-refractivity contribution < 1.29 is 36.2 Å². The largest absolute Gasteiger partial charge is 0.493 e. The predicted molar refractivity (Wildman–Crippen MR) is 195 cm³/mol. The van der Waals surface area contributed by atoms with E-state index in [2.05, 4.69) is 42.5 Å². The fourth-order valence-corrected chi connectivity index (χ4v) is 6.20. The van der Waals surface area contributed by atoms with E-state index in [0.29, 0.717) is 11.4 Å². The Morgan fingerprint density at radius 1 is 0.558 bits per heavy atom. The van der Waals surface area contributed by atoms with Gasteiger partial charge in [0.05, 0.1) is 11.4 Å². The van der Waals surface area contributed by atoms with E-state index in [0.717, 1.165) is 22.6 Å². The Kier molecular flexibility index (Phi) is 9.87. The van der Waals surface area contributed by atoms with Crippen molar-refractivity contribution >= 4 is 66.8 Å². The minimum atomic E-state index is -4.83. The lowest BCUT2D eigenvalue weighted by Gasteiger charge is -2.26. The van der Waals surface area contributed by atoms with Crippen LogP contribution in [0.15, 0.2) is 141 Å². The molecule has 52 heavy (non-hydrogen) atoms. The number of nitrogens with one attached hydrogen (secondary N) is 6. The van der Waals surface area contributed by atoms with E-state index < -0.39 is 30.0 Å². The molecule has 4 aromatic carbocycles. The number of benzene rings is 4. The molecule has 2 aliphatic heterocycles. The van der Waals surface area contributed by atoms with Crippen LogP contribution in [0.5, 0.6) is 0 Å². The molecule has 268 valence electrons. The number of hydrogen-bond acceptors (Lipinski definition) is 16. The molecule has 0 radical (unpaired) electrons. The summed E-state index contributed by atoms with van der Waals surface area (Å²) >= 11 is 0. The zero-order valence-corrected chi connectivity index (χ0v) is 28.2. The van der Waals surface area contributed by atoms with Crippen molar-refractivity contribution in [2.45, 2.75) is 9.79 Å². The van der Waals surface area contributed by atoms with Crippen LogP contribution in [0.4, 0.5) is 22.7 Å². The van der Waals surface area contributed by atoms with Gasteiger partial charge in [0.2, 0.25) is 11.8 Å². The summed E-state index contributed by atoms with van der Waals surface area (Å²) in [7, 11) is -9.65. The molecule has 0 saturated heterocycles. The quantitative estimate of drug-likeness (QED) is 0.0802. The number of para-hydroxylation sites is 2. The number of nitrogens with zero attached hydrogens (tertiary/aromatic N) is 4. The lowest BCUT2D eigenvalue weighted by Crippen LogP contribution is -2.42. The number of hydrogen-bond donors (Lipinski definition) is 10. The summed E-state index contributed by atoms with van der Waals surface area (Å²) in [5.41, 5.74) is 12.2. The molecule has 0 amide bonds. The van der Waals surface area contributed by atoms with Crippen molar-refractivity contribution in [2.24, 2.45) is 10.2 Å². The zero-order chi connectivity index (χ0) is 36.9. The molecule has 0 spiro atoms. The first-order valence-electron chi connectivity index (χ1n) is 15.0. The lowest BCUT2D eigenvalue weighted by atomic mass is 10.1. The van der Waals surface area contributed by atoms with Crippen molar-refractivity contribution in [3.63, 3.8) is 0 Å². The van der Waals surface area contributed by atoms with Crippen LogP contribution in [0.3, 0.4) is 0 Å². The Morgan fingerprint density at radius 2 is 0.942 bits per heavy atom. The maximum atomic E-state index is 12.4. The average Bonchev–Trinajstić information content (AvgIpc) is 3.07. The number of aliphatic hydroxyl groups is 2. The molecule has 0 atom stereocenters. The van der Waals surface area contributed by atoms with Gasteiger partial charge in [0.1, 0.15) is 9.79 Å². The minimum Gasteiger partial charge on any atom is -0.493 e. The maximum Gasteiger partial charge on any atom is 0.295 e. The topological polar surface area (TPSA) is 253 Å². The van der Waals surface area contributed by atoms with Crippen molar-refractivity contribution in [1.82, 2.24) is 21.3 Å². The predicted octanol–water partition coefficient (Wildman–Crippen LogP) is 4.29. The summed E-state index contributed by atoms with van der Waals surface area (Å²) in [4.78, 5) is -1.10. The van der Waals surface area contributed by atoms with E-state index >= 15 is 0 Å². The van der Waals surface area contributed by atoms with Gasteiger partial charge in [-0.3, -0.25) is 20.0 Å². The Hall–Kier alpha value is -6.74. The second-order valence-corrected chi connectivity index (χ2v) is 13.7. The van der Waals surface area contributed by atoms with Gasteiger partial charge in [-0.1, -0.05) is 60.7 Å². The molecule has 4 aromatic rings. The van der Waals surface area contributed by atoms with E-state index in [1.165, 1.54) is 48.6 Å². The molecule has 18 nitrogen and oxygen atoms in total. The smallest absolute Gasteiger partial charge is 0.295 e. The summed E-state index contributed by atoms with van der Waals surface area (Å²) < 4.78 is 69.7. The Balaban J connectivity index is 1.21. The van der Waals surface area contributed by atoms with E-state index in [-0.39, 0.29) is 45.9 Å². The highest BCUT2D eigenvalue weighted by atomic mass is 32.2. The fraction of sp³-hybridized carbons (Fsp3) is 0. The molecule has 10 N–H and O–H groups in total. The standard InChI is InChI=1S/C32H30N10O8S2/c43-31-19-29(33-23-7-3-1-4-8-23)37-41(39-31)35-25-15-13-21(27(17-25)51(45,46)47)11-12-22-14-16-26(18-28(22)52(48,49)50)36-42-38-30(20-32(44)40-42)34-24-9-5-2-6-10-24/h1-20,35-36,39-40,43-44H,(H,33,37)(H,34,38)(H,45,46,47)(H,48,49,50)/b12-11+. The van der Waals surface area contributed by atoms with Crippen LogP contribution in [-0.2, 0) is 20.2 Å². The Morgan fingerprint density at radius 3 is 1.31 bits per heavy atom. The van der Waals surface area contributed by atoms with E-state index in [9.17, 15) is 36.2 Å². The lowest BCUT2D eigenvalue weighted by molar-refractivity contribution is 0.199. The Bertz CT molecular complexity index is 2190. The van der Waals surface area contributed by atoms with E-state index in [4.69, 9.17) is 0 Å². The number of amidine groups is 2. The summed E-state index contributed by atoms with van der Waals surface area (Å²) in [6.45, 7) is 0. The van der Waals surface area contributed by atoms with Gasteiger partial charge in [0.15, 0.2) is 11.7 Å². The van der Waals surface area contributed by atoms with Crippen LogP contribution in [0.2, 0.25) is 0 Å². The number of hydrazine groups is 4. The molecule has 0 unspecified atom stereocenters. The molecular weight excluding hydrogens is 717 g/mol. The average molecular weight is 747 g/mol. The second kappa shape index (κ2) is 14.6. The molecule has 0 bridgehead atoms. The first-order chi connectivity index (χ1) is 24.8. The van der Waals surface area contributed by atoms with Gasteiger partial charge < -0.3 is 20.8 Å². The normalized spacial score (nSPS) is 14.7. The fourth-order valence-electron chi connectivity index (χ4n) is 4.78. The summed E-state index contributed by atoms with van der Waals surface area (Å²) in [5, 5.41) is 36.9. The van der Waals surface area contributed by atoms with Gasteiger partial charge in [-0.2, -0.15) is 16.8 Å². The highest BCUT2D eigenvalue weighted by Gasteiger charge is 2.20. The first-order valence-corrected chi connectivity index (χ1v) is 17.9. The molecule has 0 saturated carbocycles. The first kappa shape index (κ1) is 35.1. The zero-order valence-electron chi connectivity index (χ0n) is 26.6.